The molecule has 0 aliphatic carbocycles. The maximum absolute atomic E-state index is 10.5. The molecule has 1 fully saturated rings. The number of rotatable bonds is 2. The van der Waals surface area contributed by atoms with Crippen LogP contribution in [0.3, 0.4) is 0 Å². The van der Waals surface area contributed by atoms with Gasteiger partial charge >= 0.3 is 5.97 Å². The van der Waals surface area contributed by atoms with Gasteiger partial charge in [0.2, 0.25) is 0 Å². The van der Waals surface area contributed by atoms with Crippen LogP contribution in [0.2, 0.25) is 0 Å². The molecule has 0 radical (unpaired) electrons. The van der Waals surface area contributed by atoms with Gasteiger partial charge < -0.3 is 5.11 Å². The van der Waals surface area contributed by atoms with E-state index in [2.05, 4.69) is 4.99 Å². The molecular formula is C9H11NO2S. The highest BCUT2D eigenvalue weighted by Crippen LogP contribution is 2.44. The van der Waals surface area contributed by atoms with E-state index in [0.717, 1.165) is 13.0 Å². The van der Waals surface area contributed by atoms with E-state index in [0.29, 0.717) is 5.92 Å². The summed E-state index contributed by atoms with van der Waals surface area (Å²) in [5, 5.41) is 8.90. The maximum Gasteiger partial charge on any atom is 0.304 e. The van der Waals surface area contributed by atoms with E-state index in [9.17, 15) is 4.79 Å². The first-order valence-corrected chi connectivity index (χ1v) is 5.22. The van der Waals surface area contributed by atoms with Gasteiger partial charge in [0, 0.05) is 23.9 Å². The standard InChI is InChI=1S/C9H11NO2S/c11-9(12)4-7-3-6-5-10-2-1-8(6)13-7/h1-2,6-7H,3-5H2,(H,11,12). The first-order chi connectivity index (χ1) is 6.25. The molecule has 0 aromatic rings. The number of hydrogen-bond donors (Lipinski definition) is 1. The molecule has 3 nitrogen and oxygen atoms in total. The van der Waals surface area contributed by atoms with Crippen LogP contribution in [-0.4, -0.2) is 29.1 Å². The Balaban J connectivity index is 1.98. The summed E-state index contributed by atoms with van der Waals surface area (Å²) < 4.78 is 0. The number of aliphatic imine (C=N–C) groups is 1. The predicted molar refractivity (Wildman–Crippen MR) is 53.2 cm³/mol. The van der Waals surface area contributed by atoms with Crippen molar-refractivity contribution in [1.82, 2.24) is 0 Å². The van der Waals surface area contributed by atoms with Crippen molar-refractivity contribution >= 4 is 23.9 Å². The van der Waals surface area contributed by atoms with E-state index < -0.39 is 5.97 Å². The van der Waals surface area contributed by atoms with Crippen molar-refractivity contribution in [2.24, 2.45) is 10.9 Å². The predicted octanol–water partition coefficient (Wildman–Crippen LogP) is 1.55. The fraction of sp³-hybridized carbons (Fsp3) is 0.556. The van der Waals surface area contributed by atoms with E-state index in [1.165, 1.54) is 4.91 Å². The zero-order valence-corrected chi connectivity index (χ0v) is 7.96. The van der Waals surface area contributed by atoms with Gasteiger partial charge in [-0.3, -0.25) is 9.79 Å². The molecule has 2 rings (SSSR count). The van der Waals surface area contributed by atoms with Crippen LogP contribution in [0.15, 0.2) is 16.0 Å². The highest BCUT2D eigenvalue weighted by Gasteiger charge is 2.31. The number of dihydropyridines is 1. The van der Waals surface area contributed by atoms with Crippen LogP contribution in [0.4, 0.5) is 0 Å². The summed E-state index contributed by atoms with van der Waals surface area (Å²) in [7, 11) is 0. The van der Waals surface area contributed by atoms with E-state index in [1.807, 2.05) is 12.3 Å². The number of thioether (sulfide) groups is 1. The molecule has 0 saturated carbocycles. The van der Waals surface area contributed by atoms with Crippen molar-refractivity contribution in [1.29, 1.82) is 0 Å². The lowest BCUT2D eigenvalue weighted by atomic mass is 10.0. The molecule has 0 spiro atoms. The molecular weight excluding hydrogens is 186 g/mol. The molecule has 0 aromatic heterocycles. The molecule has 2 unspecified atom stereocenters. The lowest BCUT2D eigenvalue weighted by molar-refractivity contribution is -0.137. The van der Waals surface area contributed by atoms with Gasteiger partial charge in [0.05, 0.1) is 6.42 Å². The third-order valence-electron chi connectivity index (χ3n) is 2.32. The molecule has 2 aliphatic heterocycles. The first-order valence-electron chi connectivity index (χ1n) is 4.34. The maximum atomic E-state index is 10.5. The second-order valence-corrected chi connectivity index (χ2v) is 4.73. The Kier molecular flexibility index (Phi) is 2.40. The number of carboxylic acids is 1. The van der Waals surface area contributed by atoms with Crippen LogP contribution >= 0.6 is 11.8 Å². The van der Waals surface area contributed by atoms with Crippen LogP contribution < -0.4 is 0 Å². The average molecular weight is 197 g/mol. The van der Waals surface area contributed by atoms with Crippen molar-refractivity contribution in [3.63, 3.8) is 0 Å². The minimum atomic E-state index is -0.697. The minimum absolute atomic E-state index is 0.260. The molecule has 2 atom stereocenters. The lowest BCUT2D eigenvalue weighted by Gasteiger charge is -2.09. The number of aliphatic carboxylic acids is 1. The van der Waals surface area contributed by atoms with E-state index in [4.69, 9.17) is 5.11 Å². The van der Waals surface area contributed by atoms with Gasteiger partial charge in [-0.1, -0.05) is 0 Å². The third kappa shape index (κ3) is 1.94. The van der Waals surface area contributed by atoms with Crippen molar-refractivity contribution in [3.8, 4) is 0 Å². The van der Waals surface area contributed by atoms with Crippen molar-refractivity contribution in [3.05, 3.63) is 11.0 Å². The second-order valence-electron chi connectivity index (χ2n) is 3.35. The van der Waals surface area contributed by atoms with Crippen molar-refractivity contribution in [2.75, 3.05) is 6.54 Å². The van der Waals surface area contributed by atoms with Crippen LogP contribution in [0.1, 0.15) is 12.8 Å². The molecule has 0 aromatic carbocycles. The number of nitrogens with zero attached hydrogens (tertiary/aromatic N) is 1. The molecule has 70 valence electrons. The minimum Gasteiger partial charge on any atom is -0.481 e. The smallest absolute Gasteiger partial charge is 0.304 e. The molecule has 13 heavy (non-hydrogen) atoms. The van der Waals surface area contributed by atoms with E-state index in [-0.39, 0.29) is 11.7 Å². The molecule has 0 bridgehead atoms. The summed E-state index contributed by atoms with van der Waals surface area (Å²) in [5.41, 5.74) is 0. The highest BCUT2D eigenvalue weighted by molar-refractivity contribution is 8.04. The van der Waals surface area contributed by atoms with Gasteiger partial charge in [0.15, 0.2) is 0 Å². The fourth-order valence-electron chi connectivity index (χ4n) is 1.74. The van der Waals surface area contributed by atoms with Gasteiger partial charge in [-0.25, -0.2) is 0 Å². The zero-order valence-electron chi connectivity index (χ0n) is 7.14. The van der Waals surface area contributed by atoms with Gasteiger partial charge in [0.1, 0.15) is 0 Å². The Hall–Kier alpha value is -0.770. The number of allylic oxidation sites excluding steroid dienone is 1. The molecule has 2 heterocycles. The summed E-state index contributed by atoms with van der Waals surface area (Å²) in [6.07, 6.45) is 5.08. The lowest BCUT2D eigenvalue weighted by Crippen LogP contribution is -2.10. The molecule has 1 N–H and O–H groups in total. The number of carbonyl (C=O) groups is 1. The SMILES string of the molecule is O=C(O)CC1CC2CN=CC=C2S1. The Morgan fingerprint density at radius 3 is 3.31 bits per heavy atom. The summed E-state index contributed by atoms with van der Waals surface area (Å²) in [4.78, 5) is 16.0. The highest BCUT2D eigenvalue weighted by atomic mass is 32.2. The molecule has 1 saturated heterocycles. The van der Waals surface area contributed by atoms with E-state index >= 15 is 0 Å². The van der Waals surface area contributed by atoms with Gasteiger partial charge in [-0.2, -0.15) is 0 Å². The Bertz CT molecular complexity index is 285. The second kappa shape index (κ2) is 3.54. The quantitative estimate of drug-likeness (QED) is 0.730. The van der Waals surface area contributed by atoms with Gasteiger partial charge in [-0.15, -0.1) is 11.8 Å². The topological polar surface area (TPSA) is 49.7 Å². The third-order valence-corrected chi connectivity index (χ3v) is 3.76. The van der Waals surface area contributed by atoms with Crippen molar-refractivity contribution in [2.45, 2.75) is 18.1 Å². The Morgan fingerprint density at radius 2 is 2.62 bits per heavy atom. The normalized spacial score (nSPS) is 31.2. The number of carboxylic acid groups (broad SMARTS) is 1. The molecule has 4 heteroatoms. The number of hydrogen-bond acceptors (Lipinski definition) is 3. The molecule has 2 aliphatic rings. The fourth-order valence-corrected chi connectivity index (χ4v) is 3.19. The summed E-state index contributed by atoms with van der Waals surface area (Å²) in [6, 6.07) is 0. The zero-order chi connectivity index (χ0) is 9.26. The van der Waals surface area contributed by atoms with Gasteiger partial charge in [-0.05, 0) is 17.4 Å². The van der Waals surface area contributed by atoms with E-state index in [1.54, 1.807) is 11.8 Å². The van der Waals surface area contributed by atoms with Gasteiger partial charge in [0.25, 0.3) is 0 Å². The van der Waals surface area contributed by atoms with Crippen molar-refractivity contribution < 1.29 is 9.90 Å². The first kappa shape index (κ1) is 8.81. The molecule has 0 amide bonds. The summed E-state index contributed by atoms with van der Waals surface area (Å²) >= 11 is 1.71. The summed E-state index contributed by atoms with van der Waals surface area (Å²) in [5.74, 6) is -0.197. The average Bonchev–Trinajstić information content (AvgIpc) is 2.44. The largest absolute Gasteiger partial charge is 0.481 e. The number of fused-ring (bicyclic) bond motifs is 1. The summed E-state index contributed by atoms with van der Waals surface area (Å²) in [6.45, 7) is 0.842. The monoisotopic (exact) mass is 197 g/mol. The van der Waals surface area contributed by atoms with Crippen LogP contribution in [0.5, 0.6) is 0 Å². The van der Waals surface area contributed by atoms with Crippen LogP contribution in [0.25, 0.3) is 0 Å². The Labute approximate surface area is 80.9 Å². The van der Waals surface area contributed by atoms with Crippen LogP contribution in [-0.2, 0) is 4.79 Å². The van der Waals surface area contributed by atoms with Crippen LogP contribution in [0, 0.1) is 5.92 Å². The Morgan fingerprint density at radius 1 is 1.77 bits per heavy atom.